The molecule has 0 saturated carbocycles. The number of aliphatic hydroxyl groups is 1. The number of hydrogen-bond acceptors (Lipinski definition) is 9. The van der Waals surface area contributed by atoms with Crippen LogP contribution in [0.5, 0.6) is 0 Å². The summed E-state index contributed by atoms with van der Waals surface area (Å²) >= 11 is 0. The van der Waals surface area contributed by atoms with Crippen LogP contribution in [0.1, 0.15) is 239 Å². The lowest BCUT2D eigenvalue weighted by Gasteiger charge is -2.27. The number of carbonyl (C=O) groups excluding carboxylic acids is 2. The predicted molar refractivity (Wildman–Crippen MR) is 271 cm³/mol. The van der Waals surface area contributed by atoms with Gasteiger partial charge in [-0.1, -0.05) is 147 Å². The molecule has 1 rings (SSSR count). The molecule has 1 fully saturated rings. The van der Waals surface area contributed by atoms with E-state index in [9.17, 15) is 23.1 Å². The second kappa shape index (κ2) is 45.1. The molecule has 1 aliphatic heterocycles. The first kappa shape index (κ1) is 60.3. The van der Waals surface area contributed by atoms with Crippen LogP contribution in [0.15, 0.2) is 24.3 Å². The molecule has 2 unspecified atom stereocenters. The van der Waals surface area contributed by atoms with E-state index in [1.165, 1.54) is 135 Å². The molecular formula is C54H102N2O7S. The quantitative estimate of drug-likeness (QED) is 0.0349. The van der Waals surface area contributed by atoms with Gasteiger partial charge in [0.15, 0.2) is 9.84 Å². The van der Waals surface area contributed by atoms with Crippen LogP contribution in [0, 0.1) is 5.92 Å². The Kier molecular flexibility index (Phi) is 42.4. The highest BCUT2D eigenvalue weighted by Gasteiger charge is 2.22. The van der Waals surface area contributed by atoms with Crippen LogP contribution >= 0.6 is 0 Å². The summed E-state index contributed by atoms with van der Waals surface area (Å²) in [7, 11) is -2.89. The number of allylic oxidation sites excluding steroid dienone is 4. The third-order valence-corrected chi connectivity index (χ3v) is 14.5. The summed E-state index contributed by atoms with van der Waals surface area (Å²) < 4.78 is 34.7. The van der Waals surface area contributed by atoms with Gasteiger partial charge in [-0.15, -0.1) is 0 Å². The maximum atomic E-state index is 12.4. The summed E-state index contributed by atoms with van der Waals surface area (Å²) in [5.41, 5.74) is 0. The molecular weight excluding hydrogens is 821 g/mol. The van der Waals surface area contributed by atoms with E-state index in [2.05, 4.69) is 48.4 Å². The van der Waals surface area contributed by atoms with Crippen LogP contribution in [-0.2, 0) is 28.9 Å². The van der Waals surface area contributed by atoms with E-state index in [0.29, 0.717) is 52.1 Å². The van der Waals surface area contributed by atoms with Crippen LogP contribution in [0.25, 0.3) is 0 Å². The normalized spacial score (nSPS) is 15.3. The first-order valence-electron chi connectivity index (χ1n) is 27.2. The van der Waals surface area contributed by atoms with Crippen molar-refractivity contribution in [3.05, 3.63) is 24.3 Å². The van der Waals surface area contributed by atoms with Crippen molar-refractivity contribution in [1.29, 1.82) is 0 Å². The van der Waals surface area contributed by atoms with Gasteiger partial charge in [0, 0.05) is 45.6 Å². The Hall–Kier alpha value is -1.75. The summed E-state index contributed by atoms with van der Waals surface area (Å²) in [4.78, 5) is 26.8. The molecule has 2 atom stereocenters. The zero-order valence-electron chi connectivity index (χ0n) is 41.8. The minimum absolute atomic E-state index is 0.0810. The fourth-order valence-electron chi connectivity index (χ4n) is 8.50. The van der Waals surface area contributed by atoms with E-state index in [0.717, 1.165) is 83.7 Å². The van der Waals surface area contributed by atoms with Crippen LogP contribution in [0.4, 0.5) is 0 Å². The number of unbranched alkanes of at least 4 members (excludes halogenated alkanes) is 25. The van der Waals surface area contributed by atoms with Gasteiger partial charge in [0.05, 0.1) is 30.8 Å². The third kappa shape index (κ3) is 40.5. The Morgan fingerprint density at radius 1 is 0.547 bits per heavy atom. The summed E-state index contributed by atoms with van der Waals surface area (Å²) in [5.74, 6) is 0.345. The zero-order chi connectivity index (χ0) is 46.4. The van der Waals surface area contributed by atoms with Crippen LogP contribution in [0.3, 0.4) is 0 Å². The maximum Gasteiger partial charge on any atom is 0.305 e. The predicted octanol–water partition coefficient (Wildman–Crippen LogP) is 13.2. The molecule has 9 nitrogen and oxygen atoms in total. The number of carbonyl (C=O) groups is 2. The van der Waals surface area contributed by atoms with Gasteiger partial charge < -0.3 is 24.8 Å². The average molecular weight is 923 g/mol. The molecule has 0 amide bonds. The topological polar surface area (TPSA) is 122 Å². The first-order chi connectivity index (χ1) is 31.3. The number of sulfone groups is 1. The number of esters is 2. The molecule has 10 heteroatoms. The molecule has 0 bridgehead atoms. The minimum atomic E-state index is -2.89. The molecule has 64 heavy (non-hydrogen) atoms. The van der Waals surface area contributed by atoms with E-state index in [4.69, 9.17) is 9.47 Å². The van der Waals surface area contributed by atoms with Crippen LogP contribution in [0.2, 0.25) is 0 Å². The van der Waals surface area contributed by atoms with E-state index < -0.39 is 15.9 Å². The second-order valence-corrected chi connectivity index (χ2v) is 21.3. The number of nitrogens with one attached hydrogen (secondary N) is 1. The summed E-state index contributed by atoms with van der Waals surface area (Å²) in [6.07, 6.45) is 47.9. The highest BCUT2D eigenvalue weighted by atomic mass is 32.2. The standard InChI is InChI=1S/C54H102N2O7S/c1-3-5-7-9-11-13-15-17-19-21-23-25-27-29-33-40-53(58)62-46-36-31-32-39-52(57)51(50-55-42-43-56-44-48-64(60,61)49-45-56)38-35-37-47-63-54(59)41-34-30-28-26-24-22-20-18-16-14-12-10-8-6-4-2/h17-20,51-52,55,57H,3-16,21-50H2,1-2H3/b19-17-,20-18-. The molecule has 1 aliphatic rings. The van der Waals surface area contributed by atoms with E-state index >= 15 is 0 Å². The van der Waals surface area contributed by atoms with Crippen molar-refractivity contribution in [2.24, 2.45) is 5.92 Å². The molecule has 1 heterocycles. The van der Waals surface area contributed by atoms with Gasteiger partial charge in [0.1, 0.15) is 0 Å². The lowest BCUT2D eigenvalue weighted by atomic mass is 9.92. The molecule has 1 saturated heterocycles. The largest absolute Gasteiger partial charge is 0.466 e. The Morgan fingerprint density at radius 2 is 0.938 bits per heavy atom. The van der Waals surface area contributed by atoms with Crippen molar-refractivity contribution in [3.8, 4) is 0 Å². The smallest absolute Gasteiger partial charge is 0.305 e. The molecule has 0 spiro atoms. The van der Waals surface area contributed by atoms with Crippen molar-refractivity contribution in [2.45, 2.75) is 245 Å². The van der Waals surface area contributed by atoms with Gasteiger partial charge in [0.2, 0.25) is 0 Å². The van der Waals surface area contributed by atoms with Gasteiger partial charge in [-0.05, 0) is 109 Å². The maximum absolute atomic E-state index is 12.4. The van der Waals surface area contributed by atoms with Crippen LogP contribution in [-0.4, -0.2) is 93.9 Å². The zero-order valence-corrected chi connectivity index (χ0v) is 42.6. The van der Waals surface area contributed by atoms with Crippen LogP contribution < -0.4 is 5.32 Å². The fraction of sp³-hybridized carbons (Fsp3) is 0.889. The molecule has 0 aromatic heterocycles. The summed E-state index contributed by atoms with van der Waals surface area (Å²) in [5, 5.41) is 14.8. The lowest BCUT2D eigenvalue weighted by Crippen LogP contribution is -2.44. The molecule has 376 valence electrons. The number of hydrogen-bond donors (Lipinski definition) is 2. The first-order valence-corrected chi connectivity index (χ1v) is 29.0. The SMILES string of the molecule is CCCCCCCC/C=C\CCCCCCCC(=O)OCCCCCC(O)C(CCCCOC(=O)CCCCCCC/C=C\CCCCCCCC)CNCCN1CCS(=O)(=O)CC1. The number of rotatable bonds is 47. The highest BCUT2D eigenvalue weighted by Crippen LogP contribution is 2.19. The minimum Gasteiger partial charge on any atom is -0.466 e. The Balaban J connectivity index is 2.18. The molecule has 0 aromatic carbocycles. The van der Waals surface area contributed by atoms with E-state index in [-0.39, 0.29) is 29.4 Å². The molecule has 0 aromatic rings. The Bertz CT molecular complexity index is 1210. The van der Waals surface area contributed by atoms with Crippen molar-refractivity contribution in [1.82, 2.24) is 10.2 Å². The van der Waals surface area contributed by atoms with Gasteiger partial charge in [-0.25, -0.2) is 8.42 Å². The van der Waals surface area contributed by atoms with E-state index in [1.807, 2.05) is 0 Å². The average Bonchev–Trinajstić information content (AvgIpc) is 3.28. The Morgan fingerprint density at radius 3 is 1.41 bits per heavy atom. The monoisotopic (exact) mass is 923 g/mol. The number of ether oxygens (including phenoxy) is 2. The lowest BCUT2D eigenvalue weighted by molar-refractivity contribution is -0.144. The van der Waals surface area contributed by atoms with Gasteiger partial charge in [-0.3, -0.25) is 9.59 Å². The van der Waals surface area contributed by atoms with Crippen molar-refractivity contribution >= 4 is 21.8 Å². The fourth-order valence-corrected chi connectivity index (χ4v) is 9.78. The summed E-state index contributed by atoms with van der Waals surface area (Å²) in [6, 6.07) is 0. The number of aliphatic hydroxyl groups excluding tert-OH is 1. The van der Waals surface area contributed by atoms with Gasteiger partial charge in [0.25, 0.3) is 0 Å². The second-order valence-electron chi connectivity index (χ2n) is 19.0. The third-order valence-electron chi connectivity index (χ3n) is 12.9. The van der Waals surface area contributed by atoms with Gasteiger partial charge in [-0.2, -0.15) is 0 Å². The Labute approximate surface area is 395 Å². The van der Waals surface area contributed by atoms with Crippen molar-refractivity contribution in [2.75, 3.05) is 57.4 Å². The summed E-state index contributed by atoms with van der Waals surface area (Å²) in [6.45, 7) is 8.79. The molecule has 0 aliphatic carbocycles. The highest BCUT2D eigenvalue weighted by molar-refractivity contribution is 7.91. The van der Waals surface area contributed by atoms with Gasteiger partial charge >= 0.3 is 11.9 Å². The number of nitrogens with zero attached hydrogens (tertiary/aromatic N) is 1. The molecule has 2 N–H and O–H groups in total. The van der Waals surface area contributed by atoms with Crippen molar-refractivity contribution < 1.29 is 32.6 Å². The van der Waals surface area contributed by atoms with Crippen molar-refractivity contribution in [3.63, 3.8) is 0 Å². The molecule has 0 radical (unpaired) electrons. The van der Waals surface area contributed by atoms with E-state index in [1.54, 1.807) is 0 Å².